The second-order valence-electron chi connectivity index (χ2n) is 8.53. The molecule has 2 aromatic carbocycles. The molecule has 2 aromatic rings. The Morgan fingerprint density at radius 3 is 2.44 bits per heavy atom. The molecule has 1 fully saturated rings. The lowest BCUT2D eigenvalue weighted by molar-refractivity contribution is -0.135. The summed E-state index contributed by atoms with van der Waals surface area (Å²) in [5.41, 5.74) is 2.60. The highest BCUT2D eigenvalue weighted by Crippen LogP contribution is 2.38. The van der Waals surface area contributed by atoms with Crippen LogP contribution in [0.3, 0.4) is 0 Å². The summed E-state index contributed by atoms with van der Waals surface area (Å²) in [4.78, 5) is 28.1. The molecule has 1 atom stereocenters. The highest BCUT2D eigenvalue weighted by molar-refractivity contribution is 8.01. The average molecular weight is 474 g/mol. The molecule has 2 heterocycles. The van der Waals surface area contributed by atoms with Gasteiger partial charge in [0.1, 0.15) is 0 Å². The van der Waals surface area contributed by atoms with E-state index in [-0.39, 0.29) is 10.8 Å². The van der Waals surface area contributed by atoms with E-state index in [2.05, 4.69) is 17.0 Å². The largest absolute Gasteiger partial charge is 0.341 e. The molecule has 0 bridgehead atoms. The number of hydrogen-bond acceptors (Lipinski definition) is 5. The molecule has 2 amide bonds. The van der Waals surface area contributed by atoms with Gasteiger partial charge in [0.15, 0.2) is 5.25 Å². The Morgan fingerprint density at radius 2 is 1.78 bits per heavy atom. The minimum atomic E-state index is -3.85. The van der Waals surface area contributed by atoms with Crippen molar-refractivity contribution < 1.29 is 18.0 Å². The summed E-state index contributed by atoms with van der Waals surface area (Å²) in [5, 5.41) is 1.88. The van der Waals surface area contributed by atoms with Crippen molar-refractivity contribution in [1.29, 1.82) is 0 Å². The molecule has 7 nitrogen and oxygen atoms in total. The monoisotopic (exact) mass is 473 g/mol. The Hall–Kier alpha value is -2.52. The third kappa shape index (κ3) is 4.49. The first-order valence-electron chi connectivity index (χ1n) is 10.6. The maximum Gasteiger partial charge on any atom is 0.261 e. The molecule has 170 valence electrons. The molecule has 0 aliphatic carbocycles. The predicted octanol–water partition coefficient (Wildman–Crippen LogP) is 3.78. The molecule has 2 N–H and O–H groups in total. The van der Waals surface area contributed by atoms with Crippen LogP contribution < -0.4 is 10.0 Å². The molecule has 0 spiro atoms. The zero-order valence-electron chi connectivity index (χ0n) is 18.3. The van der Waals surface area contributed by atoms with Gasteiger partial charge in [-0.25, -0.2) is 8.42 Å². The van der Waals surface area contributed by atoms with E-state index >= 15 is 0 Å². The third-order valence-corrected chi connectivity index (χ3v) is 8.65. The summed E-state index contributed by atoms with van der Waals surface area (Å²) < 4.78 is 28.6. The first-order chi connectivity index (χ1) is 15.2. The Bertz CT molecular complexity index is 1150. The van der Waals surface area contributed by atoms with Gasteiger partial charge in [-0.15, -0.1) is 11.8 Å². The van der Waals surface area contributed by atoms with Crippen LogP contribution in [0.5, 0.6) is 0 Å². The average Bonchev–Trinajstić information content (AvgIpc) is 2.75. The van der Waals surface area contributed by atoms with Crippen LogP contribution in [-0.2, 0) is 19.6 Å². The third-order valence-electron chi connectivity index (χ3n) is 6.04. The van der Waals surface area contributed by atoms with Gasteiger partial charge >= 0.3 is 0 Å². The first kappa shape index (κ1) is 22.7. The van der Waals surface area contributed by atoms with Crippen molar-refractivity contribution >= 4 is 45.0 Å². The van der Waals surface area contributed by atoms with Gasteiger partial charge in [0.05, 0.1) is 16.3 Å². The lowest BCUT2D eigenvalue weighted by atomic mass is 9.99. The lowest BCUT2D eigenvalue weighted by Gasteiger charge is -2.33. The van der Waals surface area contributed by atoms with Gasteiger partial charge in [-0.3, -0.25) is 14.3 Å². The van der Waals surface area contributed by atoms with E-state index in [1.165, 1.54) is 23.9 Å². The van der Waals surface area contributed by atoms with Gasteiger partial charge < -0.3 is 10.2 Å². The van der Waals surface area contributed by atoms with Crippen LogP contribution in [-0.4, -0.2) is 43.5 Å². The van der Waals surface area contributed by atoms with E-state index in [1.807, 2.05) is 32.0 Å². The molecule has 1 unspecified atom stereocenters. The van der Waals surface area contributed by atoms with Crippen LogP contribution in [0, 0.1) is 19.8 Å². The van der Waals surface area contributed by atoms with Crippen molar-refractivity contribution in [1.82, 2.24) is 4.90 Å². The summed E-state index contributed by atoms with van der Waals surface area (Å²) >= 11 is 1.18. The van der Waals surface area contributed by atoms with Crippen molar-refractivity contribution in [3.8, 4) is 0 Å². The Morgan fingerprint density at radius 1 is 1.12 bits per heavy atom. The standard InChI is InChI=1S/C23H27N3O4S2/c1-14-9-11-26(12-10-14)23(28)21-22(27)24-18-13-17(7-8-19(18)31-21)32(29,30)25-20-15(2)5-4-6-16(20)3/h4-8,13-14,21,25H,9-12H2,1-3H3,(H,24,27). The van der Waals surface area contributed by atoms with Gasteiger partial charge in [0, 0.05) is 18.0 Å². The van der Waals surface area contributed by atoms with Crippen molar-refractivity contribution in [2.24, 2.45) is 5.92 Å². The summed E-state index contributed by atoms with van der Waals surface area (Å²) in [6.07, 6.45) is 1.88. The van der Waals surface area contributed by atoms with E-state index < -0.39 is 21.2 Å². The van der Waals surface area contributed by atoms with Crippen LogP contribution in [0.15, 0.2) is 46.2 Å². The number of benzene rings is 2. The Labute approximate surface area is 193 Å². The van der Waals surface area contributed by atoms with Crippen LogP contribution >= 0.6 is 11.8 Å². The molecule has 1 saturated heterocycles. The molecule has 32 heavy (non-hydrogen) atoms. The predicted molar refractivity (Wildman–Crippen MR) is 126 cm³/mol. The number of carbonyl (C=O) groups is 2. The zero-order chi connectivity index (χ0) is 23.0. The van der Waals surface area contributed by atoms with E-state index in [4.69, 9.17) is 0 Å². The number of piperidine rings is 1. The number of para-hydroxylation sites is 1. The summed E-state index contributed by atoms with van der Waals surface area (Å²) in [7, 11) is -3.85. The maximum atomic E-state index is 13.0. The molecule has 2 aliphatic heterocycles. The number of aryl methyl sites for hydroxylation is 2. The van der Waals surface area contributed by atoms with Gasteiger partial charge in [-0.05, 0) is 61.9 Å². The number of fused-ring (bicyclic) bond motifs is 1. The number of thioether (sulfide) groups is 1. The fourth-order valence-corrected chi connectivity index (χ4v) is 6.26. The number of hydrogen-bond donors (Lipinski definition) is 2. The van der Waals surface area contributed by atoms with E-state index in [0.29, 0.717) is 35.3 Å². The Kier molecular flexibility index (Phi) is 6.22. The van der Waals surface area contributed by atoms with Gasteiger partial charge in [0.2, 0.25) is 11.8 Å². The number of nitrogens with one attached hydrogen (secondary N) is 2. The Balaban J connectivity index is 1.54. The van der Waals surface area contributed by atoms with Crippen LogP contribution in [0.4, 0.5) is 11.4 Å². The topological polar surface area (TPSA) is 95.6 Å². The SMILES string of the molecule is Cc1cccc(C)c1NS(=O)(=O)c1ccc2c(c1)NC(=O)C(C(=O)N1CCC(C)CC1)S2. The maximum absolute atomic E-state index is 13.0. The molecule has 2 aliphatic rings. The van der Waals surface area contributed by atoms with E-state index in [1.54, 1.807) is 11.0 Å². The van der Waals surface area contributed by atoms with Crippen LogP contribution in [0.2, 0.25) is 0 Å². The van der Waals surface area contributed by atoms with Crippen molar-refractivity contribution in [3.63, 3.8) is 0 Å². The molecule has 0 saturated carbocycles. The number of likely N-dealkylation sites (tertiary alicyclic amines) is 1. The van der Waals surface area contributed by atoms with Crippen LogP contribution in [0.25, 0.3) is 0 Å². The first-order valence-corrected chi connectivity index (χ1v) is 13.0. The fourth-order valence-electron chi connectivity index (χ4n) is 3.98. The second-order valence-corrected chi connectivity index (χ2v) is 11.4. The van der Waals surface area contributed by atoms with Gasteiger partial charge in [-0.1, -0.05) is 25.1 Å². The van der Waals surface area contributed by atoms with E-state index in [0.717, 1.165) is 24.0 Å². The van der Waals surface area contributed by atoms with Gasteiger partial charge in [0.25, 0.3) is 10.0 Å². The minimum Gasteiger partial charge on any atom is -0.341 e. The van der Waals surface area contributed by atoms with Crippen molar-refractivity contribution in [2.75, 3.05) is 23.1 Å². The number of amides is 2. The molecular formula is C23H27N3O4S2. The summed E-state index contributed by atoms with van der Waals surface area (Å²) in [5.74, 6) is -0.00753. The minimum absolute atomic E-state index is 0.0506. The number of carbonyl (C=O) groups excluding carboxylic acids is 2. The van der Waals surface area contributed by atoms with Gasteiger partial charge in [-0.2, -0.15) is 0 Å². The zero-order valence-corrected chi connectivity index (χ0v) is 20.0. The molecule has 9 heteroatoms. The van der Waals surface area contributed by atoms with Crippen molar-refractivity contribution in [2.45, 2.75) is 48.7 Å². The number of nitrogens with zero attached hydrogens (tertiary/aromatic N) is 1. The van der Waals surface area contributed by atoms with Crippen LogP contribution in [0.1, 0.15) is 30.9 Å². The quantitative estimate of drug-likeness (QED) is 0.659. The molecule has 0 aromatic heterocycles. The van der Waals surface area contributed by atoms with Crippen molar-refractivity contribution in [3.05, 3.63) is 47.5 Å². The number of sulfonamides is 1. The summed E-state index contributed by atoms with van der Waals surface area (Å²) in [6, 6.07) is 10.2. The fraction of sp³-hybridized carbons (Fsp3) is 0.391. The number of rotatable bonds is 4. The molecule has 0 radical (unpaired) electrons. The normalized spacial score (nSPS) is 19.3. The molecule has 4 rings (SSSR count). The highest BCUT2D eigenvalue weighted by atomic mass is 32.2. The van der Waals surface area contributed by atoms with E-state index in [9.17, 15) is 18.0 Å². The highest BCUT2D eigenvalue weighted by Gasteiger charge is 2.37. The summed E-state index contributed by atoms with van der Waals surface area (Å²) in [6.45, 7) is 7.18. The molecular weight excluding hydrogens is 446 g/mol. The lowest BCUT2D eigenvalue weighted by Crippen LogP contribution is -2.47. The second kappa shape index (κ2) is 8.78. The smallest absolute Gasteiger partial charge is 0.261 e. The number of anilines is 2.